The maximum atomic E-state index is 2.50. The summed E-state index contributed by atoms with van der Waals surface area (Å²) in [5.74, 6) is 0.333. The zero-order valence-electron chi connectivity index (χ0n) is 42.3. The van der Waals surface area contributed by atoms with E-state index in [1.54, 1.807) is 0 Å². The van der Waals surface area contributed by atoms with Crippen molar-refractivity contribution in [2.75, 3.05) is 9.80 Å². The lowest BCUT2D eigenvalue weighted by molar-refractivity contribution is 0.609. The Hall–Kier alpha value is -9.24. The summed E-state index contributed by atoms with van der Waals surface area (Å²) in [6.07, 6.45) is 17.9. The molecule has 0 amide bonds. The van der Waals surface area contributed by atoms with Crippen molar-refractivity contribution in [3.63, 3.8) is 0 Å². The van der Waals surface area contributed by atoms with E-state index in [-0.39, 0.29) is 6.04 Å². The number of nitrogens with zero attached hydrogens (tertiary/aromatic N) is 2. The van der Waals surface area contributed by atoms with Gasteiger partial charge in [-0.05, 0) is 157 Å². The standard InChI is InChI=1S/C73H58N2/c1-53-17-11-16-28-73(53)75(67-47-39-61(40-48-67)59-35-31-57(32-36-59)55-20-7-3-8-21-55)68-51-43-63(44-52-68)70-25-13-15-27-72(70)71-26-14-12-24-69(71)62-41-49-66(50-42-62)74(64-22-9-4-10-23-64)65-45-37-60(38-46-65)58-33-29-56(30-34-58)54-18-5-2-6-19-54/h2-7,9-20,22-53,73H,8,21H2,1H3. The molecular formula is C73H58N2. The highest BCUT2D eigenvalue weighted by atomic mass is 15.2. The molecule has 2 heteroatoms. The number of allylic oxidation sites excluding steroid dienone is 6. The number of benzene rings is 10. The zero-order valence-corrected chi connectivity index (χ0v) is 42.3. The van der Waals surface area contributed by atoms with Crippen molar-refractivity contribution >= 4 is 34.0 Å². The van der Waals surface area contributed by atoms with Gasteiger partial charge in [0.1, 0.15) is 0 Å². The fraction of sp³-hybridized carbons (Fsp3) is 0.0685. The lowest BCUT2D eigenvalue weighted by Gasteiger charge is -2.36. The van der Waals surface area contributed by atoms with E-state index >= 15 is 0 Å². The highest BCUT2D eigenvalue weighted by Crippen LogP contribution is 2.42. The predicted molar refractivity (Wildman–Crippen MR) is 320 cm³/mol. The predicted octanol–water partition coefficient (Wildman–Crippen LogP) is 20.2. The summed E-state index contributed by atoms with van der Waals surface area (Å²) in [5.41, 5.74) is 22.8. The molecule has 2 unspecified atom stereocenters. The minimum Gasteiger partial charge on any atom is -0.334 e. The molecule has 0 aromatic heterocycles. The quantitative estimate of drug-likeness (QED) is 0.114. The van der Waals surface area contributed by atoms with Gasteiger partial charge in [0.2, 0.25) is 0 Å². The lowest BCUT2D eigenvalue weighted by Crippen LogP contribution is -2.35. The number of hydrogen-bond acceptors (Lipinski definition) is 2. The number of anilines is 5. The molecule has 0 N–H and O–H groups in total. The van der Waals surface area contributed by atoms with Gasteiger partial charge in [-0.1, -0.05) is 244 Å². The molecule has 12 rings (SSSR count). The van der Waals surface area contributed by atoms with Crippen LogP contribution in [0.4, 0.5) is 28.4 Å². The van der Waals surface area contributed by atoms with Gasteiger partial charge in [-0.25, -0.2) is 0 Å². The lowest BCUT2D eigenvalue weighted by atomic mass is 9.89. The van der Waals surface area contributed by atoms with Crippen LogP contribution in [0.5, 0.6) is 0 Å². The molecule has 0 aliphatic heterocycles. The minimum atomic E-state index is 0.170. The second kappa shape index (κ2) is 21.5. The fourth-order valence-electron chi connectivity index (χ4n) is 10.9. The van der Waals surface area contributed by atoms with Crippen LogP contribution < -0.4 is 9.80 Å². The molecule has 0 fully saturated rings. The molecule has 2 aliphatic carbocycles. The second-order valence-corrected chi connectivity index (χ2v) is 19.6. The van der Waals surface area contributed by atoms with Crippen LogP contribution in [0, 0.1) is 5.92 Å². The third-order valence-electron chi connectivity index (χ3n) is 14.9. The van der Waals surface area contributed by atoms with Crippen LogP contribution in [0.2, 0.25) is 0 Å². The Labute approximate surface area is 442 Å². The molecule has 2 nitrogen and oxygen atoms in total. The van der Waals surface area contributed by atoms with E-state index in [9.17, 15) is 0 Å². The molecule has 360 valence electrons. The van der Waals surface area contributed by atoms with E-state index in [2.05, 4.69) is 314 Å². The minimum absolute atomic E-state index is 0.170. The van der Waals surface area contributed by atoms with E-state index in [1.165, 1.54) is 83.6 Å². The molecule has 10 aromatic rings. The van der Waals surface area contributed by atoms with Gasteiger partial charge in [-0.15, -0.1) is 0 Å². The Kier molecular flexibility index (Phi) is 13.4. The number of rotatable bonds is 13. The van der Waals surface area contributed by atoms with Crippen molar-refractivity contribution in [2.24, 2.45) is 5.92 Å². The van der Waals surface area contributed by atoms with Crippen molar-refractivity contribution in [3.05, 3.63) is 303 Å². The van der Waals surface area contributed by atoms with Crippen molar-refractivity contribution in [3.8, 4) is 66.8 Å². The third kappa shape index (κ3) is 9.99. The zero-order chi connectivity index (χ0) is 50.3. The number of para-hydroxylation sites is 1. The van der Waals surface area contributed by atoms with Crippen LogP contribution in [0.15, 0.2) is 297 Å². The van der Waals surface area contributed by atoms with Crippen molar-refractivity contribution < 1.29 is 0 Å². The molecule has 0 spiro atoms. The summed E-state index contributed by atoms with van der Waals surface area (Å²) in [7, 11) is 0. The van der Waals surface area contributed by atoms with Gasteiger partial charge < -0.3 is 9.80 Å². The molecule has 0 saturated heterocycles. The van der Waals surface area contributed by atoms with E-state index in [0.29, 0.717) is 5.92 Å². The van der Waals surface area contributed by atoms with Crippen molar-refractivity contribution in [2.45, 2.75) is 25.8 Å². The van der Waals surface area contributed by atoms with Crippen LogP contribution in [0.3, 0.4) is 0 Å². The van der Waals surface area contributed by atoms with E-state index < -0.39 is 0 Å². The molecule has 0 heterocycles. The largest absolute Gasteiger partial charge is 0.334 e. The van der Waals surface area contributed by atoms with Gasteiger partial charge in [-0.3, -0.25) is 0 Å². The summed E-state index contributed by atoms with van der Waals surface area (Å²) in [4.78, 5) is 4.83. The first-order valence-corrected chi connectivity index (χ1v) is 26.3. The Morgan fingerprint density at radius 2 is 0.667 bits per heavy atom. The van der Waals surface area contributed by atoms with Gasteiger partial charge in [0.25, 0.3) is 0 Å². The second-order valence-electron chi connectivity index (χ2n) is 19.6. The molecule has 2 atom stereocenters. The summed E-state index contributed by atoms with van der Waals surface area (Å²) in [6.45, 7) is 2.31. The van der Waals surface area contributed by atoms with Crippen LogP contribution in [0.25, 0.3) is 72.3 Å². The van der Waals surface area contributed by atoms with E-state index in [1.807, 2.05) is 0 Å². The molecule has 10 aromatic carbocycles. The maximum absolute atomic E-state index is 2.50. The van der Waals surface area contributed by atoms with Gasteiger partial charge in [-0.2, -0.15) is 0 Å². The van der Waals surface area contributed by atoms with Gasteiger partial charge in [0, 0.05) is 28.4 Å². The van der Waals surface area contributed by atoms with E-state index in [0.717, 1.165) is 35.6 Å². The molecule has 0 radical (unpaired) electrons. The summed E-state index contributed by atoms with van der Waals surface area (Å²) < 4.78 is 0. The first kappa shape index (κ1) is 46.8. The molecule has 0 saturated carbocycles. The average Bonchev–Trinajstić information content (AvgIpc) is 3.49. The summed E-state index contributed by atoms with van der Waals surface area (Å²) in [5, 5.41) is 0. The van der Waals surface area contributed by atoms with Gasteiger partial charge in [0.15, 0.2) is 0 Å². The fourth-order valence-corrected chi connectivity index (χ4v) is 10.9. The van der Waals surface area contributed by atoms with Gasteiger partial charge in [0.05, 0.1) is 6.04 Å². The topological polar surface area (TPSA) is 6.48 Å². The molecular weight excluding hydrogens is 905 g/mol. The molecule has 0 bridgehead atoms. The summed E-state index contributed by atoms with van der Waals surface area (Å²) >= 11 is 0. The van der Waals surface area contributed by atoms with Crippen LogP contribution in [0.1, 0.15) is 25.3 Å². The van der Waals surface area contributed by atoms with Crippen molar-refractivity contribution in [1.82, 2.24) is 0 Å². The van der Waals surface area contributed by atoms with Crippen LogP contribution in [-0.2, 0) is 0 Å². The highest BCUT2D eigenvalue weighted by molar-refractivity contribution is 5.93. The first-order valence-electron chi connectivity index (χ1n) is 26.3. The highest BCUT2D eigenvalue weighted by Gasteiger charge is 2.25. The van der Waals surface area contributed by atoms with E-state index in [4.69, 9.17) is 0 Å². The SMILES string of the molecule is CC1C=CC=CC1N(c1ccc(-c2ccc(C3=CC=CCC3)cc2)cc1)c1ccc(-c2ccccc2-c2ccccc2-c2ccc(N(c3ccccc3)c3ccc(-c4ccc(-c5ccccc5)cc4)cc3)cc2)cc1. The Bertz CT molecular complexity index is 3660. The van der Waals surface area contributed by atoms with Gasteiger partial charge >= 0.3 is 0 Å². The van der Waals surface area contributed by atoms with Crippen molar-refractivity contribution in [1.29, 1.82) is 0 Å². The Morgan fingerprint density at radius 3 is 1.12 bits per heavy atom. The maximum Gasteiger partial charge on any atom is 0.0585 e. The Balaban J connectivity index is 0.814. The molecule has 75 heavy (non-hydrogen) atoms. The van der Waals surface area contributed by atoms with Crippen LogP contribution >= 0.6 is 0 Å². The summed E-state index contributed by atoms with van der Waals surface area (Å²) in [6, 6.07) is 93.2. The third-order valence-corrected chi connectivity index (χ3v) is 14.9. The number of hydrogen-bond donors (Lipinski definition) is 0. The van der Waals surface area contributed by atoms with Crippen LogP contribution in [-0.4, -0.2) is 6.04 Å². The smallest absolute Gasteiger partial charge is 0.0585 e. The monoisotopic (exact) mass is 962 g/mol. The molecule has 2 aliphatic rings. The Morgan fingerprint density at radius 1 is 0.307 bits per heavy atom. The normalized spacial score (nSPS) is 14.8. The first-order chi connectivity index (χ1) is 37.1. The average molecular weight is 963 g/mol.